The number of aliphatic carboxylic acids is 1. The molecule has 0 aliphatic rings. The fourth-order valence-electron chi connectivity index (χ4n) is 3.15. The molecule has 0 aliphatic heterocycles. The van der Waals surface area contributed by atoms with Gasteiger partial charge in [0.2, 0.25) is 0 Å². The fraction of sp³-hybridized carbons (Fsp3) is 0.0800. The minimum Gasteiger partial charge on any atom is -0.496 e. The molecule has 4 rings (SSSR count). The van der Waals surface area contributed by atoms with Crippen LogP contribution in [0.5, 0.6) is 11.5 Å². The van der Waals surface area contributed by atoms with E-state index >= 15 is 0 Å². The predicted octanol–water partition coefficient (Wildman–Crippen LogP) is 8.06. The number of rotatable bonds is 9. The fourth-order valence-corrected chi connectivity index (χ4v) is 6.32. The highest BCUT2D eigenvalue weighted by molar-refractivity contribution is 14.1. The number of carbonyl (C=O) groups is 1. The van der Waals surface area contributed by atoms with Crippen molar-refractivity contribution in [3.05, 3.63) is 87.8 Å². The Balaban J connectivity index is 1.55. The molecule has 1 heterocycles. The van der Waals surface area contributed by atoms with E-state index in [2.05, 4.69) is 55.4 Å². The van der Waals surface area contributed by atoms with Gasteiger partial charge in [-0.15, -0.1) is 10.2 Å². The molecule has 7 nitrogen and oxygen atoms in total. The van der Waals surface area contributed by atoms with Crippen LogP contribution in [0.3, 0.4) is 0 Å². The number of methoxy groups -OCH3 is 1. The molecular weight excluding hydrogens is 765 g/mol. The van der Waals surface area contributed by atoms with Gasteiger partial charge in [0.25, 0.3) is 11.1 Å². The summed E-state index contributed by atoms with van der Waals surface area (Å²) in [5.41, 5.74) is 2.06. The van der Waals surface area contributed by atoms with E-state index in [9.17, 15) is 9.90 Å². The lowest BCUT2D eigenvalue weighted by atomic mass is 10.2. The Morgan fingerprint density at radius 1 is 1.11 bits per heavy atom. The summed E-state index contributed by atoms with van der Waals surface area (Å²) in [6.07, 6.45) is 1.54. The topological polar surface area (TPSA) is 94.7 Å². The summed E-state index contributed by atoms with van der Waals surface area (Å²) in [6.45, 7) is 0.313. The van der Waals surface area contributed by atoms with Gasteiger partial charge in [-0.05, 0) is 105 Å². The smallest absolute Gasteiger partial charge is 0.342 e. The van der Waals surface area contributed by atoms with E-state index < -0.39 is 5.97 Å². The summed E-state index contributed by atoms with van der Waals surface area (Å²) < 4.78 is 18.7. The van der Waals surface area contributed by atoms with Gasteiger partial charge in [0.1, 0.15) is 23.0 Å². The normalized spacial score (nSPS) is 11.4. The van der Waals surface area contributed by atoms with E-state index in [1.54, 1.807) is 24.3 Å². The lowest BCUT2D eigenvalue weighted by molar-refractivity contribution is -0.131. The maximum atomic E-state index is 12.0. The highest BCUT2D eigenvalue weighted by atomic mass is 127. The molecule has 0 saturated heterocycles. The van der Waals surface area contributed by atoms with Gasteiger partial charge in [0.15, 0.2) is 0 Å². The van der Waals surface area contributed by atoms with Gasteiger partial charge < -0.3 is 19.0 Å². The lowest BCUT2D eigenvalue weighted by Crippen LogP contribution is -2.01. The van der Waals surface area contributed by atoms with Crippen LogP contribution < -0.4 is 9.47 Å². The largest absolute Gasteiger partial charge is 0.496 e. The first-order valence-corrected chi connectivity index (χ1v) is 14.1. The first-order chi connectivity index (χ1) is 17.7. The van der Waals surface area contributed by atoms with Crippen LogP contribution in [0.25, 0.3) is 17.5 Å². The van der Waals surface area contributed by atoms with Crippen molar-refractivity contribution >= 4 is 92.2 Å². The highest BCUT2D eigenvalue weighted by Gasteiger charge is 2.19. The third kappa shape index (κ3) is 7.11. The molecule has 0 unspecified atom stereocenters. The summed E-state index contributed by atoms with van der Waals surface area (Å²) in [5.74, 6) is 0.226. The second-order valence-electron chi connectivity index (χ2n) is 7.33. The Labute approximate surface area is 253 Å². The van der Waals surface area contributed by atoms with Gasteiger partial charge in [0.05, 0.1) is 19.8 Å². The van der Waals surface area contributed by atoms with Crippen LogP contribution in [-0.4, -0.2) is 28.4 Å². The molecule has 0 radical (unpaired) electrons. The molecule has 3 aromatic carbocycles. The number of hydrogen-bond donors (Lipinski definition) is 1. The molecule has 37 heavy (non-hydrogen) atoms. The van der Waals surface area contributed by atoms with Gasteiger partial charge in [-0.2, -0.15) is 0 Å². The van der Waals surface area contributed by atoms with Crippen molar-refractivity contribution in [2.45, 2.75) is 11.8 Å². The molecule has 0 saturated carbocycles. The maximum absolute atomic E-state index is 12.0. The number of halogens is 4. The summed E-state index contributed by atoms with van der Waals surface area (Å²) >= 11 is 17.5. The van der Waals surface area contributed by atoms with Crippen molar-refractivity contribution in [3.8, 4) is 23.0 Å². The molecule has 190 valence electrons. The average Bonchev–Trinajstić information content (AvgIpc) is 3.32. The average molecular weight is 781 g/mol. The number of ether oxygens (including phenoxy) is 2. The number of nitrogens with zero attached hydrogens (tertiary/aromatic N) is 2. The van der Waals surface area contributed by atoms with Crippen LogP contribution >= 0.6 is 80.1 Å². The zero-order chi connectivity index (χ0) is 26.5. The molecule has 4 aromatic rings. The van der Waals surface area contributed by atoms with Crippen molar-refractivity contribution in [1.29, 1.82) is 0 Å². The van der Waals surface area contributed by atoms with Crippen molar-refractivity contribution in [2.24, 2.45) is 0 Å². The second-order valence-corrected chi connectivity index (χ2v) is 11.5. The Morgan fingerprint density at radius 3 is 2.51 bits per heavy atom. The van der Waals surface area contributed by atoms with E-state index in [4.69, 9.17) is 37.1 Å². The molecule has 0 atom stereocenters. The zero-order valence-corrected chi connectivity index (χ0v) is 25.5. The van der Waals surface area contributed by atoms with Gasteiger partial charge in [-0.3, -0.25) is 0 Å². The second kappa shape index (κ2) is 12.7. The van der Waals surface area contributed by atoms with Gasteiger partial charge >= 0.3 is 5.97 Å². The molecule has 0 fully saturated rings. The van der Waals surface area contributed by atoms with Crippen LogP contribution in [0, 0.1) is 7.14 Å². The van der Waals surface area contributed by atoms with Crippen molar-refractivity contribution in [3.63, 3.8) is 0 Å². The molecular formula is C25H16Cl2I2N2O5S. The number of benzene rings is 3. The Kier molecular flexibility index (Phi) is 9.62. The maximum Gasteiger partial charge on any atom is 0.342 e. The van der Waals surface area contributed by atoms with E-state index in [1.165, 1.54) is 7.11 Å². The number of carboxylic acids is 1. The quantitative estimate of drug-likeness (QED) is 0.104. The number of hydrogen-bond acceptors (Lipinski definition) is 7. The van der Waals surface area contributed by atoms with Crippen molar-refractivity contribution < 1.29 is 23.8 Å². The molecule has 0 spiro atoms. The van der Waals surface area contributed by atoms with Gasteiger partial charge in [-0.1, -0.05) is 41.4 Å². The zero-order valence-electron chi connectivity index (χ0n) is 18.9. The van der Waals surface area contributed by atoms with Gasteiger partial charge in [0, 0.05) is 15.6 Å². The van der Waals surface area contributed by atoms with Gasteiger partial charge in [-0.25, -0.2) is 4.79 Å². The molecule has 1 aromatic heterocycles. The van der Waals surface area contributed by atoms with E-state index in [-0.39, 0.29) is 16.0 Å². The Bertz CT molecular complexity index is 1470. The van der Waals surface area contributed by atoms with Crippen molar-refractivity contribution in [2.75, 3.05) is 7.11 Å². The molecule has 0 bridgehead atoms. The summed E-state index contributed by atoms with van der Waals surface area (Å²) in [5, 5.41) is 19.0. The molecule has 0 aliphatic carbocycles. The van der Waals surface area contributed by atoms with E-state index in [1.807, 2.05) is 36.4 Å². The SMILES string of the molecule is COc1ccc(Cl)cc1-c1nnc(S/C(=C\c2cc(I)c(OCc3ccccc3Cl)c(I)c2)C(=O)O)o1. The summed E-state index contributed by atoms with van der Waals surface area (Å²) in [7, 11) is 1.51. The Morgan fingerprint density at radius 2 is 1.84 bits per heavy atom. The summed E-state index contributed by atoms with van der Waals surface area (Å²) in [4.78, 5) is 12.0. The summed E-state index contributed by atoms with van der Waals surface area (Å²) in [6, 6.07) is 16.1. The third-order valence-electron chi connectivity index (χ3n) is 4.85. The van der Waals surface area contributed by atoms with Crippen LogP contribution in [0.2, 0.25) is 10.0 Å². The highest BCUT2D eigenvalue weighted by Crippen LogP contribution is 2.36. The minimum atomic E-state index is -1.13. The molecule has 0 amide bonds. The number of carboxylic acid groups (broad SMARTS) is 1. The predicted molar refractivity (Wildman–Crippen MR) is 160 cm³/mol. The standard InChI is InChI=1S/C25H16Cl2I2N2O5S/c1-34-20-7-6-15(26)11-16(20)23-30-31-25(36-23)37-21(24(32)33)10-13-8-18(28)22(19(29)9-13)35-12-14-4-2-3-5-17(14)27/h2-11H,12H2,1H3,(H,32,33)/b21-10-. The van der Waals surface area contributed by atoms with E-state index in [0.29, 0.717) is 39.3 Å². The van der Waals surface area contributed by atoms with Crippen LogP contribution in [0.15, 0.2) is 69.1 Å². The van der Waals surface area contributed by atoms with Crippen molar-refractivity contribution in [1.82, 2.24) is 10.2 Å². The van der Waals surface area contributed by atoms with Crippen LogP contribution in [-0.2, 0) is 11.4 Å². The molecule has 12 heteroatoms. The van der Waals surface area contributed by atoms with Crippen LogP contribution in [0.4, 0.5) is 0 Å². The number of thioether (sulfide) groups is 1. The van der Waals surface area contributed by atoms with Crippen LogP contribution in [0.1, 0.15) is 11.1 Å². The Hall–Kier alpha value is -2.00. The first kappa shape index (κ1) is 28.0. The monoisotopic (exact) mass is 780 g/mol. The lowest BCUT2D eigenvalue weighted by Gasteiger charge is -2.12. The van der Waals surface area contributed by atoms with E-state index in [0.717, 1.165) is 24.5 Å². The minimum absolute atomic E-state index is 0.00425. The number of aromatic nitrogens is 2. The third-order valence-corrected chi connectivity index (χ3v) is 7.91. The first-order valence-electron chi connectivity index (χ1n) is 10.4. The molecule has 1 N–H and O–H groups in total.